The van der Waals surface area contributed by atoms with E-state index >= 15 is 0 Å². The highest BCUT2D eigenvalue weighted by molar-refractivity contribution is 5.94. The van der Waals surface area contributed by atoms with Gasteiger partial charge in [-0.3, -0.25) is 9.69 Å². The molecular formula is C24H36Cl2N4O. The van der Waals surface area contributed by atoms with Gasteiger partial charge in [0.15, 0.2) is 0 Å². The first-order valence-electron chi connectivity index (χ1n) is 10.6. The quantitative estimate of drug-likeness (QED) is 0.650. The van der Waals surface area contributed by atoms with Crippen molar-refractivity contribution in [3.63, 3.8) is 0 Å². The summed E-state index contributed by atoms with van der Waals surface area (Å²) in [5.41, 5.74) is 10.5. The van der Waals surface area contributed by atoms with E-state index in [0.717, 1.165) is 38.3 Å². The largest absolute Gasteiger partial charge is 0.350 e. The van der Waals surface area contributed by atoms with Crippen molar-refractivity contribution >= 4 is 30.7 Å². The van der Waals surface area contributed by atoms with Crippen LogP contribution in [0, 0.1) is 0 Å². The first kappa shape index (κ1) is 27.4. The number of likely N-dealkylation sites (N-methyl/N-ethyl adjacent to an activating group) is 1. The van der Waals surface area contributed by atoms with Crippen LogP contribution in [0.25, 0.3) is 0 Å². The number of nitrogens with one attached hydrogen (secondary N) is 1. The topological polar surface area (TPSA) is 61.6 Å². The van der Waals surface area contributed by atoms with Gasteiger partial charge in [-0.1, -0.05) is 50.2 Å². The van der Waals surface area contributed by atoms with Crippen molar-refractivity contribution in [2.24, 2.45) is 5.73 Å². The Labute approximate surface area is 199 Å². The molecule has 1 fully saturated rings. The molecule has 0 aromatic heterocycles. The van der Waals surface area contributed by atoms with Crippen LogP contribution in [-0.4, -0.2) is 55.5 Å². The van der Waals surface area contributed by atoms with Crippen molar-refractivity contribution in [1.29, 1.82) is 0 Å². The van der Waals surface area contributed by atoms with Crippen LogP contribution in [0.1, 0.15) is 52.9 Å². The number of amides is 1. The minimum atomic E-state index is -0.211. The molecule has 0 aliphatic carbocycles. The molecule has 7 heteroatoms. The second-order valence-electron chi connectivity index (χ2n) is 8.41. The molecule has 5 nitrogen and oxygen atoms in total. The Kier molecular flexibility index (Phi) is 11.5. The molecule has 2 aromatic rings. The minimum Gasteiger partial charge on any atom is -0.350 e. The number of benzene rings is 2. The van der Waals surface area contributed by atoms with Crippen molar-refractivity contribution in [2.75, 3.05) is 39.8 Å². The number of hydrogen-bond acceptors (Lipinski definition) is 4. The Morgan fingerprint density at radius 3 is 2.03 bits per heavy atom. The fraction of sp³-hybridized carbons (Fsp3) is 0.458. The molecule has 0 radical (unpaired) electrons. The molecule has 3 rings (SSSR count). The summed E-state index contributed by atoms with van der Waals surface area (Å²) in [6, 6.07) is 16.0. The molecule has 1 atom stereocenters. The van der Waals surface area contributed by atoms with E-state index in [1.807, 2.05) is 12.1 Å². The Balaban J connectivity index is 0.00000240. The number of rotatable bonds is 7. The third-order valence-corrected chi connectivity index (χ3v) is 5.73. The molecule has 0 saturated carbocycles. The Morgan fingerprint density at radius 1 is 0.935 bits per heavy atom. The van der Waals surface area contributed by atoms with Crippen molar-refractivity contribution in [3.05, 3.63) is 70.8 Å². The lowest BCUT2D eigenvalue weighted by Crippen LogP contribution is -2.43. The zero-order chi connectivity index (χ0) is 20.8. The van der Waals surface area contributed by atoms with Crippen LogP contribution in [0.5, 0.6) is 0 Å². The molecule has 2 aromatic carbocycles. The van der Waals surface area contributed by atoms with Crippen molar-refractivity contribution in [1.82, 2.24) is 15.1 Å². The van der Waals surface area contributed by atoms with E-state index in [2.05, 4.69) is 72.4 Å². The van der Waals surface area contributed by atoms with Crippen LogP contribution in [0.2, 0.25) is 0 Å². The van der Waals surface area contributed by atoms with Gasteiger partial charge in [-0.2, -0.15) is 0 Å². The van der Waals surface area contributed by atoms with E-state index in [4.69, 9.17) is 5.73 Å². The smallest absolute Gasteiger partial charge is 0.251 e. The van der Waals surface area contributed by atoms with E-state index < -0.39 is 0 Å². The van der Waals surface area contributed by atoms with Crippen LogP contribution in [0.15, 0.2) is 48.5 Å². The van der Waals surface area contributed by atoms with Gasteiger partial charge < -0.3 is 16.0 Å². The zero-order valence-electron chi connectivity index (χ0n) is 18.7. The Bertz CT molecular complexity index is 788. The van der Waals surface area contributed by atoms with E-state index in [-0.39, 0.29) is 36.8 Å². The van der Waals surface area contributed by atoms with Gasteiger partial charge in [-0.15, -0.1) is 24.8 Å². The number of hydrogen-bond donors (Lipinski definition) is 2. The van der Waals surface area contributed by atoms with Gasteiger partial charge in [0.25, 0.3) is 5.91 Å². The van der Waals surface area contributed by atoms with Crippen LogP contribution in [0.3, 0.4) is 0 Å². The maximum atomic E-state index is 12.5. The zero-order valence-corrected chi connectivity index (χ0v) is 20.3. The lowest BCUT2D eigenvalue weighted by Gasteiger charge is -2.32. The predicted molar refractivity (Wildman–Crippen MR) is 134 cm³/mol. The van der Waals surface area contributed by atoms with Crippen molar-refractivity contribution < 1.29 is 4.79 Å². The summed E-state index contributed by atoms with van der Waals surface area (Å²) in [4.78, 5) is 17.3. The lowest BCUT2D eigenvalue weighted by molar-refractivity contribution is 0.0951. The van der Waals surface area contributed by atoms with Gasteiger partial charge in [-0.25, -0.2) is 0 Å². The Hall–Kier alpha value is -1.63. The molecular weight excluding hydrogens is 431 g/mol. The fourth-order valence-electron chi connectivity index (χ4n) is 3.58. The van der Waals surface area contributed by atoms with Crippen LogP contribution < -0.4 is 11.1 Å². The van der Waals surface area contributed by atoms with Crippen LogP contribution in [-0.2, 0) is 6.54 Å². The van der Waals surface area contributed by atoms with Gasteiger partial charge in [0.1, 0.15) is 0 Å². The maximum Gasteiger partial charge on any atom is 0.251 e. The monoisotopic (exact) mass is 466 g/mol. The van der Waals surface area contributed by atoms with Gasteiger partial charge in [-0.05, 0) is 41.8 Å². The number of carbonyl (C=O) groups excluding carboxylic acids is 1. The molecule has 1 saturated heterocycles. The van der Waals surface area contributed by atoms with E-state index in [1.165, 1.54) is 11.1 Å². The van der Waals surface area contributed by atoms with E-state index in [1.54, 1.807) is 0 Å². The third-order valence-electron chi connectivity index (χ3n) is 5.73. The lowest BCUT2D eigenvalue weighted by atomic mass is 9.99. The average Bonchev–Trinajstić information content (AvgIpc) is 2.74. The highest BCUT2D eigenvalue weighted by atomic mass is 35.5. The maximum absolute atomic E-state index is 12.5. The van der Waals surface area contributed by atoms with Gasteiger partial charge in [0.2, 0.25) is 0 Å². The first-order valence-corrected chi connectivity index (χ1v) is 10.6. The number of piperazine rings is 1. The standard InChI is InChI=1S/C24H34N4O.2ClH/c1-18(2)20-8-10-21(11-9-20)23(25)16-26-24(29)22-6-4-19(5-7-22)17-28-14-12-27(3)13-15-28;;/h4-11,18,23H,12-17,25H2,1-3H3,(H,26,29);2*1H. The molecule has 1 amide bonds. The van der Waals surface area contributed by atoms with Crippen molar-refractivity contribution in [2.45, 2.75) is 32.4 Å². The van der Waals surface area contributed by atoms with Crippen LogP contribution >= 0.6 is 24.8 Å². The summed E-state index contributed by atoms with van der Waals surface area (Å²) < 4.78 is 0. The number of nitrogens with two attached hydrogens (primary N) is 1. The normalized spacial score (nSPS) is 15.6. The average molecular weight is 467 g/mol. The van der Waals surface area contributed by atoms with Gasteiger partial charge >= 0.3 is 0 Å². The molecule has 0 spiro atoms. The highest BCUT2D eigenvalue weighted by Gasteiger charge is 2.14. The summed E-state index contributed by atoms with van der Waals surface area (Å²) >= 11 is 0. The summed E-state index contributed by atoms with van der Waals surface area (Å²) in [5, 5.41) is 2.96. The third kappa shape index (κ3) is 8.09. The van der Waals surface area contributed by atoms with Gasteiger partial charge in [0.05, 0.1) is 0 Å². The number of nitrogens with zero attached hydrogens (tertiary/aromatic N) is 2. The molecule has 1 aliphatic rings. The van der Waals surface area contributed by atoms with Crippen molar-refractivity contribution in [3.8, 4) is 0 Å². The molecule has 172 valence electrons. The molecule has 1 aliphatic heterocycles. The summed E-state index contributed by atoms with van der Waals surface area (Å²) in [7, 11) is 2.16. The molecule has 1 heterocycles. The second-order valence-corrected chi connectivity index (χ2v) is 8.41. The van der Waals surface area contributed by atoms with Crippen LogP contribution in [0.4, 0.5) is 0 Å². The summed E-state index contributed by atoms with van der Waals surface area (Å²) in [6.07, 6.45) is 0. The highest BCUT2D eigenvalue weighted by Crippen LogP contribution is 2.17. The summed E-state index contributed by atoms with van der Waals surface area (Å²) in [6.45, 7) is 10.1. The van der Waals surface area contributed by atoms with E-state index in [9.17, 15) is 4.79 Å². The summed E-state index contributed by atoms with van der Waals surface area (Å²) in [5.74, 6) is 0.421. The number of halogens is 2. The predicted octanol–water partition coefficient (Wildman–Crippen LogP) is 3.83. The molecule has 31 heavy (non-hydrogen) atoms. The fourth-order valence-corrected chi connectivity index (χ4v) is 3.58. The SMILES string of the molecule is CC(C)c1ccc(C(N)CNC(=O)c2ccc(CN3CCN(C)CC3)cc2)cc1.Cl.Cl. The van der Waals surface area contributed by atoms with Gasteiger partial charge in [0, 0.05) is 50.9 Å². The van der Waals surface area contributed by atoms with E-state index in [0.29, 0.717) is 18.0 Å². The second kappa shape index (κ2) is 13.0. The molecule has 1 unspecified atom stereocenters. The Morgan fingerprint density at radius 2 is 1.48 bits per heavy atom. The molecule has 3 N–H and O–H groups in total. The minimum absolute atomic E-state index is 0. The molecule has 0 bridgehead atoms. The first-order chi connectivity index (χ1) is 13.9. The number of carbonyl (C=O) groups is 1.